The zero-order valence-electron chi connectivity index (χ0n) is 12.0. The average molecular weight is 272 g/mol. The van der Waals surface area contributed by atoms with E-state index in [2.05, 4.69) is 29.2 Å². The number of ether oxygens (including phenoxy) is 1. The predicted molar refractivity (Wildman–Crippen MR) is 79.4 cm³/mol. The molecule has 3 nitrogen and oxygen atoms in total. The fourth-order valence-corrected chi connectivity index (χ4v) is 4.48. The Morgan fingerprint density at radius 3 is 2.50 bits per heavy atom. The van der Waals surface area contributed by atoms with Crippen molar-refractivity contribution < 1.29 is 4.74 Å². The van der Waals surface area contributed by atoms with Crippen LogP contribution >= 0.6 is 0 Å². The van der Waals surface area contributed by atoms with Crippen molar-refractivity contribution in [2.75, 3.05) is 19.6 Å². The van der Waals surface area contributed by atoms with E-state index < -0.39 is 0 Å². The molecular formula is C17H24N2O. The van der Waals surface area contributed by atoms with Crippen LogP contribution in [0.15, 0.2) is 24.3 Å². The first-order valence-electron chi connectivity index (χ1n) is 7.99. The van der Waals surface area contributed by atoms with Crippen LogP contribution in [0.3, 0.4) is 0 Å². The second kappa shape index (κ2) is 5.14. The lowest BCUT2D eigenvalue weighted by Gasteiger charge is -2.18. The largest absolute Gasteiger partial charge is 0.374 e. The second-order valence-electron chi connectivity index (χ2n) is 6.67. The Bertz CT molecular complexity index is 472. The Morgan fingerprint density at radius 1 is 1.10 bits per heavy atom. The van der Waals surface area contributed by atoms with E-state index >= 15 is 0 Å². The summed E-state index contributed by atoms with van der Waals surface area (Å²) in [6.07, 6.45) is 4.71. The zero-order valence-corrected chi connectivity index (χ0v) is 12.0. The van der Waals surface area contributed by atoms with Gasteiger partial charge in [0.1, 0.15) is 0 Å². The van der Waals surface area contributed by atoms with Gasteiger partial charge >= 0.3 is 0 Å². The number of fused-ring (bicyclic) bond motifs is 5. The molecule has 4 rings (SSSR count). The van der Waals surface area contributed by atoms with Crippen LogP contribution in [-0.2, 0) is 17.7 Å². The minimum absolute atomic E-state index is 0.568. The number of likely N-dealkylation sites (tertiary alicyclic amines) is 1. The third-order valence-electron chi connectivity index (χ3n) is 5.36. The fourth-order valence-electron chi connectivity index (χ4n) is 4.48. The number of benzene rings is 1. The van der Waals surface area contributed by atoms with Crippen molar-refractivity contribution in [3.63, 3.8) is 0 Å². The molecule has 3 heteroatoms. The van der Waals surface area contributed by atoms with Crippen molar-refractivity contribution in [1.29, 1.82) is 0 Å². The van der Waals surface area contributed by atoms with Crippen molar-refractivity contribution in [3.8, 4) is 0 Å². The molecule has 0 amide bonds. The van der Waals surface area contributed by atoms with Crippen molar-refractivity contribution >= 4 is 0 Å². The van der Waals surface area contributed by atoms with Gasteiger partial charge in [-0.3, -0.25) is 4.90 Å². The van der Waals surface area contributed by atoms with Gasteiger partial charge < -0.3 is 10.5 Å². The topological polar surface area (TPSA) is 38.5 Å². The van der Waals surface area contributed by atoms with E-state index in [4.69, 9.17) is 10.5 Å². The number of nitrogens with zero attached hydrogens (tertiary/aromatic N) is 1. The van der Waals surface area contributed by atoms with E-state index in [0.717, 1.165) is 31.3 Å². The summed E-state index contributed by atoms with van der Waals surface area (Å²) in [5.41, 5.74) is 8.45. The molecule has 0 aliphatic carbocycles. The maximum atomic E-state index is 6.05. The summed E-state index contributed by atoms with van der Waals surface area (Å²) in [6, 6.07) is 8.93. The highest BCUT2D eigenvalue weighted by Gasteiger charge is 2.52. The van der Waals surface area contributed by atoms with E-state index in [1.807, 2.05) is 0 Å². The molecule has 3 aliphatic rings. The highest BCUT2D eigenvalue weighted by atomic mass is 16.5. The van der Waals surface area contributed by atoms with Crippen LogP contribution in [0, 0.1) is 11.8 Å². The molecule has 1 aromatic carbocycles. The van der Waals surface area contributed by atoms with Crippen LogP contribution in [0.5, 0.6) is 0 Å². The summed E-state index contributed by atoms with van der Waals surface area (Å²) in [4.78, 5) is 2.63. The molecule has 0 aromatic heterocycles. The van der Waals surface area contributed by atoms with Crippen molar-refractivity contribution in [1.82, 2.24) is 4.90 Å². The first-order chi connectivity index (χ1) is 9.83. The first kappa shape index (κ1) is 12.8. The highest BCUT2D eigenvalue weighted by Crippen LogP contribution is 2.47. The molecule has 0 spiro atoms. The van der Waals surface area contributed by atoms with Crippen LogP contribution in [0.25, 0.3) is 0 Å². The van der Waals surface area contributed by atoms with Crippen LogP contribution in [0.1, 0.15) is 24.0 Å². The lowest BCUT2D eigenvalue weighted by atomic mass is 9.82. The molecule has 4 atom stereocenters. The van der Waals surface area contributed by atoms with Crippen LogP contribution in [0.4, 0.5) is 0 Å². The minimum atomic E-state index is 0.568. The molecule has 0 radical (unpaired) electrons. The standard InChI is InChI=1S/C17H24N2O/c18-7-6-12-2-1-3-13(8-12)9-19-10-14-15(11-19)17-5-4-16(14)20-17/h1-3,8,14-17H,4-7,9-11,18H2/t14-,15+,16+,17-. The van der Waals surface area contributed by atoms with Gasteiger partial charge in [0.2, 0.25) is 0 Å². The molecule has 0 unspecified atom stereocenters. The molecule has 2 bridgehead atoms. The summed E-state index contributed by atoms with van der Waals surface area (Å²) < 4.78 is 6.05. The van der Waals surface area contributed by atoms with Crippen LogP contribution in [0.2, 0.25) is 0 Å². The predicted octanol–water partition coefficient (Wildman–Crippen LogP) is 1.80. The Balaban J connectivity index is 1.42. The SMILES string of the molecule is NCCc1cccc(CN2C[C@@H]3[C@H](C2)[C@H]2CC[C@@H]3O2)c1. The number of nitrogens with two attached hydrogens (primary N) is 1. The monoisotopic (exact) mass is 272 g/mol. The first-order valence-corrected chi connectivity index (χ1v) is 7.99. The normalized spacial score (nSPS) is 35.6. The Kier molecular flexibility index (Phi) is 3.29. The van der Waals surface area contributed by atoms with Gasteiger partial charge in [0.25, 0.3) is 0 Å². The molecule has 20 heavy (non-hydrogen) atoms. The quantitative estimate of drug-likeness (QED) is 0.908. The Hall–Kier alpha value is -0.900. The smallest absolute Gasteiger partial charge is 0.0624 e. The number of hydrogen-bond acceptors (Lipinski definition) is 3. The molecule has 3 saturated heterocycles. The zero-order chi connectivity index (χ0) is 13.5. The van der Waals surface area contributed by atoms with Gasteiger partial charge in [-0.2, -0.15) is 0 Å². The third kappa shape index (κ3) is 2.18. The molecular weight excluding hydrogens is 248 g/mol. The molecule has 3 aliphatic heterocycles. The lowest BCUT2D eigenvalue weighted by molar-refractivity contribution is 0.0697. The summed E-state index contributed by atoms with van der Waals surface area (Å²) in [5.74, 6) is 1.61. The van der Waals surface area contributed by atoms with Crippen LogP contribution < -0.4 is 5.73 Å². The van der Waals surface area contributed by atoms with Crippen molar-refractivity contribution in [2.24, 2.45) is 17.6 Å². The van der Waals surface area contributed by atoms with E-state index in [1.165, 1.54) is 37.1 Å². The van der Waals surface area contributed by atoms with Gasteiger partial charge in [-0.15, -0.1) is 0 Å². The van der Waals surface area contributed by atoms with Gasteiger partial charge in [0.15, 0.2) is 0 Å². The maximum Gasteiger partial charge on any atom is 0.0624 e. The van der Waals surface area contributed by atoms with Crippen molar-refractivity contribution in [2.45, 2.75) is 38.0 Å². The second-order valence-corrected chi connectivity index (χ2v) is 6.67. The molecule has 1 aromatic rings. The molecule has 108 valence electrons. The lowest BCUT2D eigenvalue weighted by Crippen LogP contribution is -2.24. The number of rotatable bonds is 4. The van der Waals surface area contributed by atoms with E-state index in [9.17, 15) is 0 Å². The highest BCUT2D eigenvalue weighted by molar-refractivity contribution is 5.24. The molecule has 2 N–H and O–H groups in total. The third-order valence-corrected chi connectivity index (χ3v) is 5.36. The Morgan fingerprint density at radius 2 is 1.80 bits per heavy atom. The van der Waals surface area contributed by atoms with Gasteiger partial charge in [-0.1, -0.05) is 24.3 Å². The summed E-state index contributed by atoms with van der Waals surface area (Å²) in [7, 11) is 0. The average Bonchev–Trinajstić information content (AvgIpc) is 3.10. The van der Waals surface area contributed by atoms with Gasteiger partial charge in [-0.05, 0) is 36.9 Å². The van der Waals surface area contributed by atoms with Crippen LogP contribution in [-0.4, -0.2) is 36.7 Å². The van der Waals surface area contributed by atoms with Gasteiger partial charge in [0.05, 0.1) is 12.2 Å². The number of hydrogen-bond donors (Lipinski definition) is 1. The molecule has 3 fully saturated rings. The molecule has 0 saturated carbocycles. The maximum absolute atomic E-state index is 6.05. The molecule has 3 heterocycles. The fraction of sp³-hybridized carbons (Fsp3) is 0.647. The van der Waals surface area contributed by atoms with Crippen molar-refractivity contribution in [3.05, 3.63) is 35.4 Å². The van der Waals surface area contributed by atoms with Gasteiger partial charge in [0, 0.05) is 31.5 Å². The van der Waals surface area contributed by atoms with E-state index in [0.29, 0.717) is 12.2 Å². The summed E-state index contributed by atoms with van der Waals surface area (Å²) in [6.45, 7) is 4.28. The van der Waals surface area contributed by atoms with E-state index in [1.54, 1.807) is 0 Å². The summed E-state index contributed by atoms with van der Waals surface area (Å²) >= 11 is 0. The summed E-state index contributed by atoms with van der Waals surface area (Å²) in [5, 5.41) is 0. The minimum Gasteiger partial charge on any atom is -0.374 e. The van der Waals surface area contributed by atoms with E-state index in [-0.39, 0.29) is 0 Å². The Labute approximate surface area is 121 Å². The van der Waals surface area contributed by atoms with Gasteiger partial charge in [-0.25, -0.2) is 0 Å².